The van der Waals surface area contributed by atoms with Gasteiger partial charge < -0.3 is 0 Å². The Balaban J connectivity index is 2.30. The van der Waals surface area contributed by atoms with Gasteiger partial charge in [0.05, 0.1) is 0 Å². The Morgan fingerprint density at radius 1 is 1.19 bits per heavy atom. The predicted molar refractivity (Wildman–Crippen MR) is 62.7 cm³/mol. The Bertz CT molecular complexity index is 518. The summed E-state index contributed by atoms with van der Waals surface area (Å²) >= 11 is 7.12. The van der Waals surface area contributed by atoms with Crippen molar-refractivity contribution in [2.24, 2.45) is 0 Å². The second kappa shape index (κ2) is 4.76. The standard InChI is InChI=1S/C10H9ClN4S/c1-6-5-13-9(11)15-8(6)16-10-12-4-3-7(2)14-10/h3-5H,1-2H3. The fraction of sp³-hybridized carbons (Fsp3) is 0.200. The smallest absolute Gasteiger partial charge is 0.223 e. The molecule has 0 radical (unpaired) electrons. The van der Waals surface area contributed by atoms with Crippen molar-refractivity contribution in [3.05, 3.63) is 35.0 Å². The summed E-state index contributed by atoms with van der Waals surface area (Å²) in [6.45, 7) is 3.85. The van der Waals surface area contributed by atoms with Gasteiger partial charge in [-0.2, -0.15) is 0 Å². The highest BCUT2D eigenvalue weighted by molar-refractivity contribution is 7.99. The van der Waals surface area contributed by atoms with Crippen LogP contribution < -0.4 is 0 Å². The van der Waals surface area contributed by atoms with E-state index in [9.17, 15) is 0 Å². The highest BCUT2D eigenvalue weighted by Crippen LogP contribution is 2.25. The van der Waals surface area contributed by atoms with Crippen LogP contribution in [0.5, 0.6) is 0 Å². The summed E-state index contributed by atoms with van der Waals surface area (Å²) in [6, 6.07) is 1.85. The molecular weight excluding hydrogens is 244 g/mol. The van der Waals surface area contributed by atoms with Crippen molar-refractivity contribution in [1.82, 2.24) is 19.9 Å². The van der Waals surface area contributed by atoms with Crippen LogP contribution >= 0.6 is 23.4 Å². The highest BCUT2D eigenvalue weighted by Gasteiger charge is 2.06. The van der Waals surface area contributed by atoms with Gasteiger partial charge in [-0.3, -0.25) is 0 Å². The molecule has 82 valence electrons. The number of hydrogen-bond acceptors (Lipinski definition) is 5. The Morgan fingerprint density at radius 2 is 2.00 bits per heavy atom. The minimum absolute atomic E-state index is 0.237. The predicted octanol–water partition coefficient (Wildman–Crippen LogP) is 2.69. The van der Waals surface area contributed by atoms with E-state index in [1.54, 1.807) is 12.4 Å². The maximum atomic E-state index is 5.74. The van der Waals surface area contributed by atoms with E-state index in [0.29, 0.717) is 5.16 Å². The lowest BCUT2D eigenvalue weighted by Gasteiger charge is -2.03. The molecule has 0 aliphatic heterocycles. The molecular formula is C10H9ClN4S. The summed E-state index contributed by atoms with van der Waals surface area (Å²) in [6.07, 6.45) is 3.41. The van der Waals surface area contributed by atoms with Crippen LogP contribution in [0.2, 0.25) is 5.28 Å². The molecule has 0 atom stereocenters. The van der Waals surface area contributed by atoms with Crippen molar-refractivity contribution in [2.45, 2.75) is 24.0 Å². The molecule has 2 aromatic rings. The van der Waals surface area contributed by atoms with E-state index in [4.69, 9.17) is 11.6 Å². The molecule has 0 saturated heterocycles. The van der Waals surface area contributed by atoms with Gasteiger partial charge in [0, 0.05) is 23.7 Å². The van der Waals surface area contributed by atoms with E-state index in [0.717, 1.165) is 16.3 Å². The molecule has 0 spiro atoms. The number of hydrogen-bond donors (Lipinski definition) is 0. The van der Waals surface area contributed by atoms with E-state index in [1.807, 2.05) is 19.9 Å². The van der Waals surface area contributed by atoms with Crippen molar-refractivity contribution >= 4 is 23.4 Å². The summed E-state index contributed by atoms with van der Waals surface area (Å²) in [5, 5.41) is 1.68. The molecule has 2 heterocycles. The van der Waals surface area contributed by atoms with Crippen LogP contribution in [0, 0.1) is 13.8 Å². The molecule has 0 aliphatic rings. The van der Waals surface area contributed by atoms with Crippen molar-refractivity contribution in [2.75, 3.05) is 0 Å². The highest BCUT2D eigenvalue weighted by atomic mass is 35.5. The van der Waals surface area contributed by atoms with Crippen LogP contribution in [0.15, 0.2) is 28.6 Å². The summed E-state index contributed by atoms with van der Waals surface area (Å²) in [5.41, 5.74) is 1.88. The van der Waals surface area contributed by atoms with Crippen LogP contribution in [0.4, 0.5) is 0 Å². The van der Waals surface area contributed by atoms with Crippen LogP contribution in [0.3, 0.4) is 0 Å². The third kappa shape index (κ3) is 2.68. The van der Waals surface area contributed by atoms with E-state index in [1.165, 1.54) is 11.8 Å². The number of aromatic nitrogens is 4. The Hall–Kier alpha value is -1.20. The number of rotatable bonds is 2. The zero-order chi connectivity index (χ0) is 11.5. The maximum absolute atomic E-state index is 5.74. The van der Waals surface area contributed by atoms with Crippen LogP contribution in [-0.4, -0.2) is 19.9 Å². The first kappa shape index (κ1) is 11.3. The third-order valence-corrected chi connectivity index (χ3v) is 3.02. The van der Waals surface area contributed by atoms with Gasteiger partial charge in [-0.15, -0.1) is 0 Å². The molecule has 2 rings (SSSR count). The summed E-state index contributed by atoms with van der Waals surface area (Å²) in [4.78, 5) is 16.5. The van der Waals surface area contributed by atoms with Crippen molar-refractivity contribution < 1.29 is 0 Å². The Morgan fingerprint density at radius 3 is 2.75 bits per heavy atom. The van der Waals surface area contributed by atoms with Gasteiger partial charge in [-0.25, -0.2) is 19.9 Å². The second-order valence-corrected chi connectivity index (χ2v) is 4.50. The fourth-order valence-electron chi connectivity index (χ4n) is 1.07. The van der Waals surface area contributed by atoms with E-state index >= 15 is 0 Å². The van der Waals surface area contributed by atoms with E-state index < -0.39 is 0 Å². The lowest BCUT2D eigenvalue weighted by Crippen LogP contribution is -1.93. The molecule has 0 saturated carbocycles. The van der Waals surface area contributed by atoms with Gasteiger partial charge in [0.1, 0.15) is 5.03 Å². The number of nitrogens with zero attached hydrogens (tertiary/aromatic N) is 4. The SMILES string of the molecule is Cc1ccnc(Sc2nc(Cl)ncc2C)n1. The molecule has 0 aliphatic carbocycles. The molecule has 4 nitrogen and oxygen atoms in total. The van der Waals surface area contributed by atoms with E-state index in [-0.39, 0.29) is 5.28 Å². The van der Waals surface area contributed by atoms with Gasteiger partial charge in [0.2, 0.25) is 5.28 Å². The van der Waals surface area contributed by atoms with Gasteiger partial charge in [-0.05, 0) is 43.3 Å². The topological polar surface area (TPSA) is 51.6 Å². The lowest BCUT2D eigenvalue weighted by molar-refractivity contribution is 0.920. The molecule has 0 aromatic carbocycles. The van der Waals surface area contributed by atoms with E-state index in [2.05, 4.69) is 19.9 Å². The first-order valence-corrected chi connectivity index (χ1v) is 5.81. The Labute approximate surface area is 103 Å². The molecule has 16 heavy (non-hydrogen) atoms. The maximum Gasteiger partial charge on any atom is 0.223 e. The zero-order valence-corrected chi connectivity index (χ0v) is 10.4. The molecule has 0 N–H and O–H groups in total. The molecule has 0 fully saturated rings. The second-order valence-electron chi connectivity index (χ2n) is 3.21. The summed E-state index contributed by atoms with van der Waals surface area (Å²) < 4.78 is 0. The molecule has 2 aromatic heterocycles. The van der Waals surface area contributed by atoms with Gasteiger partial charge >= 0.3 is 0 Å². The van der Waals surface area contributed by atoms with Gasteiger partial charge in [0.25, 0.3) is 0 Å². The fourth-order valence-corrected chi connectivity index (χ4v) is 2.08. The van der Waals surface area contributed by atoms with Crippen LogP contribution in [0.25, 0.3) is 0 Å². The average molecular weight is 253 g/mol. The number of aryl methyl sites for hydroxylation is 2. The molecule has 0 unspecified atom stereocenters. The minimum Gasteiger partial charge on any atom is -0.231 e. The molecule has 6 heteroatoms. The monoisotopic (exact) mass is 252 g/mol. The quantitative estimate of drug-likeness (QED) is 0.608. The summed E-state index contributed by atoms with van der Waals surface area (Å²) in [5.74, 6) is 0. The first-order valence-electron chi connectivity index (χ1n) is 4.62. The van der Waals surface area contributed by atoms with Gasteiger partial charge in [-0.1, -0.05) is 0 Å². The van der Waals surface area contributed by atoms with Crippen LogP contribution in [-0.2, 0) is 0 Å². The number of halogens is 1. The normalized spacial score (nSPS) is 10.4. The van der Waals surface area contributed by atoms with Gasteiger partial charge in [0.15, 0.2) is 5.16 Å². The summed E-state index contributed by atoms with van der Waals surface area (Å²) in [7, 11) is 0. The Kier molecular flexibility index (Phi) is 3.36. The minimum atomic E-state index is 0.237. The first-order chi connectivity index (χ1) is 7.65. The average Bonchev–Trinajstić information content (AvgIpc) is 2.24. The lowest BCUT2D eigenvalue weighted by atomic mass is 10.4. The largest absolute Gasteiger partial charge is 0.231 e. The van der Waals surface area contributed by atoms with Crippen molar-refractivity contribution in [1.29, 1.82) is 0 Å². The molecule has 0 amide bonds. The third-order valence-electron chi connectivity index (χ3n) is 1.86. The van der Waals surface area contributed by atoms with Crippen molar-refractivity contribution in [3.8, 4) is 0 Å². The molecule has 0 bridgehead atoms. The van der Waals surface area contributed by atoms with Crippen LogP contribution in [0.1, 0.15) is 11.3 Å². The zero-order valence-electron chi connectivity index (χ0n) is 8.81. The van der Waals surface area contributed by atoms with Crippen molar-refractivity contribution in [3.63, 3.8) is 0 Å².